The molecule has 102 valence electrons. The molecule has 0 aliphatic carbocycles. The third kappa shape index (κ3) is 2.44. The maximum absolute atomic E-state index is 11.3. The molecule has 0 aliphatic heterocycles. The minimum atomic E-state index is -0.292. The van der Waals surface area contributed by atoms with Crippen LogP contribution in [-0.2, 0) is 0 Å². The molecule has 0 saturated carbocycles. The maximum atomic E-state index is 11.3. The Hall–Kier alpha value is -2.15. The number of hydrogen-bond donors (Lipinski definition) is 2. The van der Waals surface area contributed by atoms with Crippen LogP contribution >= 0.6 is 15.9 Å². The predicted molar refractivity (Wildman–Crippen MR) is 79.8 cm³/mol. The lowest BCUT2D eigenvalue weighted by Gasteiger charge is -2.14. The van der Waals surface area contributed by atoms with E-state index in [4.69, 9.17) is 0 Å². The second-order valence-corrected chi connectivity index (χ2v) is 5.36. The molecule has 20 heavy (non-hydrogen) atoms. The van der Waals surface area contributed by atoms with Crippen molar-refractivity contribution in [3.05, 3.63) is 57.2 Å². The standard InChI is InChI=1S/C13H12BrN5O/c1-8(9-2-4-10(14)5-3-9)16-11-6-12-17-18-13(20)19(12)7-15-11/h2-8,16H,1H3,(H,18,20). The van der Waals surface area contributed by atoms with Gasteiger partial charge < -0.3 is 5.32 Å². The summed E-state index contributed by atoms with van der Waals surface area (Å²) in [6.45, 7) is 2.05. The van der Waals surface area contributed by atoms with E-state index in [9.17, 15) is 4.79 Å². The van der Waals surface area contributed by atoms with Gasteiger partial charge in [-0.25, -0.2) is 19.3 Å². The van der Waals surface area contributed by atoms with Gasteiger partial charge >= 0.3 is 5.69 Å². The quantitative estimate of drug-likeness (QED) is 0.771. The number of anilines is 1. The van der Waals surface area contributed by atoms with Crippen molar-refractivity contribution in [1.82, 2.24) is 19.6 Å². The molecule has 3 rings (SSSR count). The SMILES string of the molecule is CC(Nc1cc2n[nH]c(=O)n2cn1)c1ccc(Br)cc1. The summed E-state index contributed by atoms with van der Waals surface area (Å²) in [5.41, 5.74) is 1.39. The first-order valence-corrected chi connectivity index (χ1v) is 6.87. The molecular weight excluding hydrogens is 322 g/mol. The molecule has 7 heteroatoms. The number of aromatic nitrogens is 4. The van der Waals surface area contributed by atoms with Crippen LogP contribution in [0.1, 0.15) is 18.5 Å². The fourth-order valence-electron chi connectivity index (χ4n) is 1.95. The number of halogens is 1. The highest BCUT2D eigenvalue weighted by Gasteiger charge is 2.07. The Labute approximate surface area is 123 Å². The lowest BCUT2D eigenvalue weighted by molar-refractivity contribution is 0.869. The normalized spacial score (nSPS) is 12.5. The summed E-state index contributed by atoms with van der Waals surface area (Å²) in [7, 11) is 0. The average molecular weight is 334 g/mol. The van der Waals surface area contributed by atoms with Crippen LogP contribution in [0.15, 0.2) is 45.9 Å². The van der Waals surface area contributed by atoms with E-state index in [0.29, 0.717) is 11.5 Å². The zero-order valence-electron chi connectivity index (χ0n) is 10.7. The molecule has 6 nitrogen and oxygen atoms in total. The van der Waals surface area contributed by atoms with Gasteiger partial charge in [0, 0.05) is 16.6 Å². The molecule has 1 unspecified atom stereocenters. The second kappa shape index (κ2) is 5.09. The smallest absolute Gasteiger partial charge is 0.348 e. The number of fused-ring (bicyclic) bond motifs is 1. The van der Waals surface area contributed by atoms with Gasteiger partial charge in [0.05, 0.1) is 0 Å². The van der Waals surface area contributed by atoms with Gasteiger partial charge in [0.2, 0.25) is 0 Å². The van der Waals surface area contributed by atoms with E-state index in [1.807, 2.05) is 31.2 Å². The molecular formula is C13H12BrN5O. The van der Waals surface area contributed by atoms with Gasteiger partial charge in [0.15, 0.2) is 5.65 Å². The summed E-state index contributed by atoms with van der Waals surface area (Å²) in [5.74, 6) is 0.673. The first-order valence-electron chi connectivity index (χ1n) is 6.08. The topological polar surface area (TPSA) is 75.1 Å². The molecule has 0 bridgehead atoms. The maximum Gasteiger partial charge on any atom is 0.348 e. The van der Waals surface area contributed by atoms with Crippen LogP contribution in [0.5, 0.6) is 0 Å². The van der Waals surface area contributed by atoms with Crippen LogP contribution in [0.25, 0.3) is 5.65 Å². The lowest BCUT2D eigenvalue weighted by atomic mass is 10.1. The molecule has 2 heterocycles. The van der Waals surface area contributed by atoms with E-state index in [0.717, 1.165) is 10.0 Å². The Balaban J connectivity index is 1.85. The molecule has 0 aliphatic rings. The molecule has 0 spiro atoms. The second-order valence-electron chi connectivity index (χ2n) is 4.45. The fourth-order valence-corrected chi connectivity index (χ4v) is 2.21. The van der Waals surface area contributed by atoms with Crippen molar-refractivity contribution in [3.63, 3.8) is 0 Å². The van der Waals surface area contributed by atoms with Gasteiger partial charge in [0.25, 0.3) is 0 Å². The van der Waals surface area contributed by atoms with E-state index < -0.39 is 0 Å². The van der Waals surface area contributed by atoms with Crippen molar-refractivity contribution in [1.29, 1.82) is 0 Å². The van der Waals surface area contributed by atoms with Crippen molar-refractivity contribution in [2.45, 2.75) is 13.0 Å². The Morgan fingerprint density at radius 3 is 2.85 bits per heavy atom. The van der Waals surface area contributed by atoms with Crippen LogP contribution in [0, 0.1) is 0 Å². The Morgan fingerprint density at radius 1 is 1.35 bits per heavy atom. The molecule has 0 amide bonds. The first-order chi connectivity index (χ1) is 9.63. The average Bonchev–Trinajstić information content (AvgIpc) is 2.81. The van der Waals surface area contributed by atoms with Gasteiger partial charge in [-0.15, -0.1) is 0 Å². The van der Waals surface area contributed by atoms with Gasteiger partial charge in [-0.2, -0.15) is 5.10 Å². The third-order valence-corrected chi connectivity index (χ3v) is 3.57. The Kier molecular flexibility index (Phi) is 3.27. The van der Waals surface area contributed by atoms with Crippen LogP contribution in [0.4, 0.5) is 5.82 Å². The van der Waals surface area contributed by atoms with Crippen molar-refractivity contribution in [2.24, 2.45) is 0 Å². The largest absolute Gasteiger partial charge is 0.363 e. The number of H-pyrrole nitrogens is 1. The number of nitrogens with zero attached hydrogens (tertiary/aromatic N) is 3. The minimum Gasteiger partial charge on any atom is -0.363 e. The van der Waals surface area contributed by atoms with Gasteiger partial charge in [-0.3, -0.25) is 0 Å². The molecule has 0 saturated heterocycles. The first kappa shape index (κ1) is 12.9. The summed E-state index contributed by atoms with van der Waals surface area (Å²) < 4.78 is 2.40. The van der Waals surface area contributed by atoms with Crippen LogP contribution in [0.2, 0.25) is 0 Å². The summed E-state index contributed by atoms with van der Waals surface area (Å²) in [5, 5.41) is 9.57. The van der Waals surface area contributed by atoms with Crippen LogP contribution < -0.4 is 11.0 Å². The lowest BCUT2D eigenvalue weighted by Crippen LogP contribution is -2.11. The van der Waals surface area contributed by atoms with Crippen molar-refractivity contribution in [3.8, 4) is 0 Å². The monoisotopic (exact) mass is 333 g/mol. The van der Waals surface area contributed by atoms with Gasteiger partial charge in [0.1, 0.15) is 12.1 Å². The molecule has 1 aromatic carbocycles. The van der Waals surface area contributed by atoms with Gasteiger partial charge in [-0.1, -0.05) is 28.1 Å². The number of rotatable bonds is 3. The number of benzene rings is 1. The van der Waals surface area contributed by atoms with Crippen molar-refractivity contribution in [2.75, 3.05) is 5.32 Å². The zero-order chi connectivity index (χ0) is 14.1. The van der Waals surface area contributed by atoms with E-state index >= 15 is 0 Å². The van der Waals surface area contributed by atoms with E-state index in [1.54, 1.807) is 6.07 Å². The zero-order valence-corrected chi connectivity index (χ0v) is 12.3. The molecule has 2 N–H and O–H groups in total. The van der Waals surface area contributed by atoms with Crippen LogP contribution in [0.3, 0.4) is 0 Å². The molecule has 2 aromatic heterocycles. The minimum absolute atomic E-state index is 0.101. The number of aromatic amines is 1. The van der Waals surface area contributed by atoms with E-state index in [2.05, 4.69) is 36.4 Å². The highest BCUT2D eigenvalue weighted by atomic mass is 79.9. The number of nitrogens with one attached hydrogen (secondary N) is 2. The van der Waals surface area contributed by atoms with E-state index in [1.165, 1.54) is 10.7 Å². The van der Waals surface area contributed by atoms with Crippen molar-refractivity contribution >= 4 is 27.4 Å². The van der Waals surface area contributed by atoms with Crippen molar-refractivity contribution < 1.29 is 0 Å². The van der Waals surface area contributed by atoms with Crippen LogP contribution in [-0.4, -0.2) is 19.6 Å². The highest BCUT2D eigenvalue weighted by Crippen LogP contribution is 2.20. The predicted octanol–water partition coefficient (Wildman–Crippen LogP) is 2.35. The highest BCUT2D eigenvalue weighted by molar-refractivity contribution is 9.10. The Bertz CT molecular complexity index is 792. The van der Waals surface area contributed by atoms with E-state index in [-0.39, 0.29) is 11.7 Å². The summed E-state index contributed by atoms with van der Waals surface area (Å²) in [6.07, 6.45) is 1.46. The summed E-state index contributed by atoms with van der Waals surface area (Å²) in [4.78, 5) is 15.6. The van der Waals surface area contributed by atoms with Gasteiger partial charge in [-0.05, 0) is 24.6 Å². The molecule has 1 atom stereocenters. The summed E-state index contributed by atoms with van der Waals surface area (Å²) in [6, 6.07) is 9.91. The molecule has 3 aromatic rings. The third-order valence-electron chi connectivity index (χ3n) is 3.04. The Morgan fingerprint density at radius 2 is 2.10 bits per heavy atom. The molecule has 0 radical (unpaired) electrons. The fraction of sp³-hybridized carbons (Fsp3) is 0.154. The summed E-state index contributed by atoms with van der Waals surface area (Å²) >= 11 is 3.41. The number of hydrogen-bond acceptors (Lipinski definition) is 4. The molecule has 0 fully saturated rings.